The fraction of sp³-hybridized carbons (Fsp3) is 0.600. The molecule has 0 aliphatic carbocycles. The Bertz CT molecular complexity index is 581. The number of piperidine rings is 1. The largest absolute Gasteiger partial charge is 0.313 e. The van der Waals surface area contributed by atoms with Crippen molar-refractivity contribution in [2.24, 2.45) is 5.92 Å². The lowest BCUT2D eigenvalue weighted by Crippen LogP contribution is -2.38. The van der Waals surface area contributed by atoms with E-state index in [2.05, 4.69) is 12.2 Å². The molecule has 1 heterocycles. The normalized spacial score (nSPS) is 18.0. The SMILES string of the molecule is CCNCc1ccc(F)c(S(=O)(=O)N2CCC(C)CC2)c1. The van der Waals surface area contributed by atoms with Crippen LogP contribution in [-0.2, 0) is 16.6 Å². The van der Waals surface area contributed by atoms with Gasteiger partial charge in [0.25, 0.3) is 0 Å². The number of sulfonamides is 1. The molecule has 2 rings (SSSR count). The Balaban J connectivity index is 2.26. The highest BCUT2D eigenvalue weighted by Gasteiger charge is 2.30. The highest BCUT2D eigenvalue weighted by atomic mass is 32.2. The highest BCUT2D eigenvalue weighted by Crippen LogP contribution is 2.25. The summed E-state index contributed by atoms with van der Waals surface area (Å²) in [6.45, 7) is 6.35. The molecule has 0 unspecified atom stereocenters. The van der Waals surface area contributed by atoms with Gasteiger partial charge in [0, 0.05) is 19.6 Å². The predicted octanol–water partition coefficient (Wildman–Crippen LogP) is 2.36. The van der Waals surface area contributed by atoms with Crippen LogP contribution in [0.25, 0.3) is 0 Å². The van der Waals surface area contributed by atoms with E-state index in [1.807, 2.05) is 6.92 Å². The summed E-state index contributed by atoms with van der Waals surface area (Å²) < 4.78 is 40.6. The molecule has 1 aromatic carbocycles. The van der Waals surface area contributed by atoms with Crippen LogP contribution >= 0.6 is 0 Å². The van der Waals surface area contributed by atoms with E-state index in [4.69, 9.17) is 0 Å². The van der Waals surface area contributed by atoms with Gasteiger partial charge >= 0.3 is 0 Å². The average Bonchev–Trinajstić information content (AvgIpc) is 2.46. The van der Waals surface area contributed by atoms with Gasteiger partial charge in [-0.2, -0.15) is 4.31 Å². The van der Waals surface area contributed by atoms with Crippen molar-refractivity contribution >= 4 is 10.0 Å². The Morgan fingerprint density at radius 2 is 2.00 bits per heavy atom. The monoisotopic (exact) mass is 314 g/mol. The molecule has 1 aromatic rings. The quantitative estimate of drug-likeness (QED) is 0.907. The van der Waals surface area contributed by atoms with Crippen molar-refractivity contribution in [1.29, 1.82) is 0 Å². The van der Waals surface area contributed by atoms with E-state index in [0.717, 1.165) is 24.9 Å². The summed E-state index contributed by atoms with van der Waals surface area (Å²) >= 11 is 0. The van der Waals surface area contributed by atoms with Crippen LogP contribution in [0.15, 0.2) is 23.1 Å². The number of hydrogen-bond donors (Lipinski definition) is 1. The standard InChI is InChI=1S/C15H23FN2O2S/c1-3-17-11-13-4-5-14(16)15(10-13)21(19,20)18-8-6-12(2)7-9-18/h4-5,10,12,17H,3,6-9,11H2,1-2H3. The van der Waals surface area contributed by atoms with Gasteiger partial charge in [-0.1, -0.05) is 19.9 Å². The molecule has 1 aliphatic rings. The van der Waals surface area contributed by atoms with Crippen molar-refractivity contribution in [3.8, 4) is 0 Å². The minimum absolute atomic E-state index is 0.201. The first-order chi connectivity index (χ1) is 9.95. The van der Waals surface area contributed by atoms with E-state index in [1.165, 1.54) is 16.4 Å². The summed E-state index contributed by atoms with van der Waals surface area (Å²) in [7, 11) is -3.73. The molecular formula is C15H23FN2O2S. The van der Waals surface area contributed by atoms with Crippen molar-refractivity contribution < 1.29 is 12.8 Å². The fourth-order valence-electron chi connectivity index (χ4n) is 2.49. The molecule has 118 valence electrons. The molecule has 0 amide bonds. The molecule has 21 heavy (non-hydrogen) atoms. The smallest absolute Gasteiger partial charge is 0.245 e. The maximum atomic E-state index is 14.0. The van der Waals surface area contributed by atoms with Gasteiger partial charge in [0.1, 0.15) is 10.7 Å². The predicted molar refractivity (Wildman–Crippen MR) is 80.9 cm³/mol. The molecule has 1 fully saturated rings. The summed E-state index contributed by atoms with van der Waals surface area (Å²) in [6.07, 6.45) is 1.66. The summed E-state index contributed by atoms with van der Waals surface area (Å²) in [6, 6.07) is 4.31. The molecule has 1 aliphatic heterocycles. The summed E-state index contributed by atoms with van der Waals surface area (Å²) in [5, 5.41) is 3.12. The van der Waals surface area contributed by atoms with E-state index in [1.54, 1.807) is 6.07 Å². The molecule has 0 saturated carbocycles. The van der Waals surface area contributed by atoms with Gasteiger partial charge in [-0.05, 0) is 43.0 Å². The van der Waals surface area contributed by atoms with Crippen molar-refractivity contribution in [3.63, 3.8) is 0 Å². The third-order valence-electron chi connectivity index (χ3n) is 3.94. The summed E-state index contributed by atoms with van der Waals surface area (Å²) in [5.74, 6) is -0.143. The van der Waals surface area contributed by atoms with Crippen LogP contribution in [-0.4, -0.2) is 32.4 Å². The van der Waals surface area contributed by atoms with Crippen molar-refractivity contribution in [2.75, 3.05) is 19.6 Å². The third-order valence-corrected chi connectivity index (χ3v) is 5.85. The van der Waals surface area contributed by atoms with E-state index in [-0.39, 0.29) is 4.90 Å². The second-order valence-corrected chi connectivity index (χ2v) is 7.54. The minimum atomic E-state index is -3.73. The molecule has 1 saturated heterocycles. The van der Waals surface area contributed by atoms with E-state index < -0.39 is 15.8 Å². The Kier molecular flexibility index (Phi) is 5.35. The minimum Gasteiger partial charge on any atom is -0.313 e. The van der Waals surface area contributed by atoms with Crippen LogP contribution in [0, 0.1) is 11.7 Å². The highest BCUT2D eigenvalue weighted by molar-refractivity contribution is 7.89. The number of nitrogens with zero attached hydrogens (tertiary/aromatic N) is 1. The van der Waals surface area contributed by atoms with Gasteiger partial charge in [0.15, 0.2) is 0 Å². The van der Waals surface area contributed by atoms with Gasteiger partial charge in [0.2, 0.25) is 10.0 Å². The van der Waals surface area contributed by atoms with E-state index in [9.17, 15) is 12.8 Å². The number of halogens is 1. The molecule has 1 N–H and O–H groups in total. The number of nitrogens with one attached hydrogen (secondary N) is 1. The first-order valence-electron chi connectivity index (χ1n) is 7.44. The molecular weight excluding hydrogens is 291 g/mol. The Morgan fingerprint density at radius 1 is 1.33 bits per heavy atom. The average molecular weight is 314 g/mol. The first kappa shape index (κ1) is 16.4. The molecule has 4 nitrogen and oxygen atoms in total. The first-order valence-corrected chi connectivity index (χ1v) is 8.88. The number of rotatable bonds is 5. The van der Waals surface area contributed by atoms with Crippen molar-refractivity contribution in [3.05, 3.63) is 29.6 Å². The second-order valence-electron chi connectivity index (χ2n) is 5.63. The van der Waals surface area contributed by atoms with Gasteiger partial charge in [0.05, 0.1) is 0 Å². The van der Waals surface area contributed by atoms with Crippen molar-refractivity contribution in [1.82, 2.24) is 9.62 Å². The zero-order valence-corrected chi connectivity index (χ0v) is 13.4. The molecule has 0 aromatic heterocycles. The fourth-order valence-corrected chi connectivity index (χ4v) is 4.07. The van der Waals surface area contributed by atoms with Crippen LogP contribution in [0.4, 0.5) is 4.39 Å². The van der Waals surface area contributed by atoms with Gasteiger partial charge in [-0.15, -0.1) is 0 Å². The summed E-state index contributed by atoms with van der Waals surface area (Å²) in [4.78, 5) is -0.201. The summed E-state index contributed by atoms with van der Waals surface area (Å²) in [5.41, 5.74) is 0.780. The lowest BCUT2D eigenvalue weighted by atomic mass is 10.0. The Morgan fingerprint density at radius 3 is 2.62 bits per heavy atom. The van der Waals surface area contributed by atoms with Gasteiger partial charge in [-0.3, -0.25) is 0 Å². The lowest BCUT2D eigenvalue weighted by molar-refractivity contribution is 0.287. The van der Waals surface area contributed by atoms with Gasteiger partial charge in [-0.25, -0.2) is 12.8 Å². The van der Waals surface area contributed by atoms with Crippen LogP contribution < -0.4 is 5.32 Å². The zero-order valence-electron chi connectivity index (χ0n) is 12.6. The lowest BCUT2D eigenvalue weighted by Gasteiger charge is -2.29. The van der Waals surface area contributed by atoms with E-state index >= 15 is 0 Å². The van der Waals surface area contributed by atoms with E-state index in [0.29, 0.717) is 25.6 Å². The molecule has 0 atom stereocenters. The van der Waals surface area contributed by atoms with Crippen LogP contribution in [0.2, 0.25) is 0 Å². The number of hydrogen-bond acceptors (Lipinski definition) is 3. The second kappa shape index (κ2) is 6.85. The molecule has 0 radical (unpaired) electrons. The maximum absolute atomic E-state index is 14.0. The zero-order chi connectivity index (χ0) is 15.5. The van der Waals surface area contributed by atoms with Crippen molar-refractivity contribution in [2.45, 2.75) is 38.1 Å². The van der Waals surface area contributed by atoms with Crippen LogP contribution in [0.3, 0.4) is 0 Å². The topological polar surface area (TPSA) is 49.4 Å². The van der Waals surface area contributed by atoms with Crippen LogP contribution in [0.5, 0.6) is 0 Å². The number of benzene rings is 1. The van der Waals surface area contributed by atoms with Gasteiger partial charge < -0.3 is 5.32 Å². The Hall–Kier alpha value is -0.980. The molecule has 0 bridgehead atoms. The molecule has 6 heteroatoms. The Labute approximate surface area is 126 Å². The van der Waals surface area contributed by atoms with Crippen LogP contribution in [0.1, 0.15) is 32.3 Å². The maximum Gasteiger partial charge on any atom is 0.245 e. The molecule has 0 spiro atoms. The third kappa shape index (κ3) is 3.81.